The zero-order chi connectivity index (χ0) is 18.8. The van der Waals surface area contributed by atoms with Gasteiger partial charge in [-0.05, 0) is 57.1 Å². The van der Waals surface area contributed by atoms with Crippen molar-refractivity contribution in [2.75, 3.05) is 26.7 Å². The Hall–Kier alpha value is -1.41. The average molecular weight is 483 g/mol. The maximum Gasteiger partial charge on any atom is 0.191 e. The van der Waals surface area contributed by atoms with Crippen LogP contribution in [0.4, 0.5) is 0 Å². The van der Waals surface area contributed by atoms with Gasteiger partial charge in [0.25, 0.3) is 0 Å². The van der Waals surface area contributed by atoms with Crippen molar-refractivity contribution in [2.45, 2.75) is 46.2 Å². The van der Waals surface area contributed by atoms with Crippen LogP contribution in [0, 0.1) is 0 Å². The number of nitrogens with one attached hydrogen (secondary N) is 2. The highest BCUT2D eigenvalue weighted by Gasteiger charge is 2.07. The Morgan fingerprint density at radius 3 is 2.63 bits per heavy atom. The number of para-hydroxylation sites is 1. The molecule has 150 valence electrons. The van der Waals surface area contributed by atoms with Gasteiger partial charge in [0.15, 0.2) is 5.96 Å². The van der Waals surface area contributed by atoms with Crippen LogP contribution >= 0.6 is 24.0 Å². The molecule has 6 heteroatoms. The molecule has 0 saturated carbocycles. The van der Waals surface area contributed by atoms with E-state index in [1.54, 1.807) is 0 Å². The summed E-state index contributed by atoms with van der Waals surface area (Å²) >= 11 is 0. The number of hydrogen-bond donors (Lipinski definition) is 2. The Morgan fingerprint density at radius 1 is 1.19 bits per heavy atom. The van der Waals surface area contributed by atoms with Gasteiger partial charge in [-0.2, -0.15) is 0 Å². The molecule has 0 amide bonds. The molecule has 2 N–H and O–H groups in total. The molecule has 1 atom stereocenters. The zero-order valence-electron chi connectivity index (χ0n) is 17.0. The fraction of sp³-hybridized carbons (Fsp3) is 0.524. The molecule has 27 heavy (non-hydrogen) atoms. The van der Waals surface area contributed by atoms with Crippen molar-refractivity contribution in [2.24, 2.45) is 4.99 Å². The number of hydrogen-bond acceptors (Lipinski definition) is 3. The molecule has 5 nitrogen and oxygen atoms in total. The molecule has 0 radical (unpaired) electrons. The molecule has 1 unspecified atom stereocenters. The van der Waals surface area contributed by atoms with Crippen molar-refractivity contribution >= 4 is 40.8 Å². The molecular formula is C21H34IN5. The van der Waals surface area contributed by atoms with E-state index in [2.05, 4.69) is 64.5 Å². The maximum atomic E-state index is 4.42. The van der Waals surface area contributed by atoms with E-state index in [-0.39, 0.29) is 24.0 Å². The van der Waals surface area contributed by atoms with Crippen LogP contribution < -0.4 is 10.6 Å². The number of pyridine rings is 1. The molecule has 0 aliphatic heterocycles. The lowest BCUT2D eigenvalue weighted by Crippen LogP contribution is -2.42. The van der Waals surface area contributed by atoms with Gasteiger partial charge in [-0.25, -0.2) is 0 Å². The summed E-state index contributed by atoms with van der Waals surface area (Å²) < 4.78 is 0. The summed E-state index contributed by atoms with van der Waals surface area (Å²) in [6.07, 6.45) is 4.20. The van der Waals surface area contributed by atoms with E-state index in [0.717, 1.165) is 44.1 Å². The topological polar surface area (TPSA) is 52.5 Å². The van der Waals surface area contributed by atoms with Crippen molar-refractivity contribution in [3.63, 3.8) is 0 Å². The molecule has 1 heterocycles. The smallest absolute Gasteiger partial charge is 0.191 e. The van der Waals surface area contributed by atoms with Crippen LogP contribution in [-0.2, 0) is 6.54 Å². The average Bonchev–Trinajstić information content (AvgIpc) is 2.68. The highest BCUT2D eigenvalue weighted by atomic mass is 127. The number of fused-ring (bicyclic) bond motifs is 1. The third kappa shape index (κ3) is 7.62. The van der Waals surface area contributed by atoms with Crippen LogP contribution in [0.2, 0.25) is 0 Å². The number of nitrogens with zero attached hydrogens (tertiary/aromatic N) is 3. The Morgan fingerprint density at radius 2 is 1.93 bits per heavy atom. The normalized spacial score (nSPS) is 12.7. The van der Waals surface area contributed by atoms with Gasteiger partial charge in [0.1, 0.15) is 0 Å². The van der Waals surface area contributed by atoms with Crippen LogP contribution in [0.1, 0.15) is 39.2 Å². The van der Waals surface area contributed by atoms with Gasteiger partial charge < -0.3 is 15.5 Å². The third-order valence-corrected chi connectivity index (χ3v) is 4.80. The van der Waals surface area contributed by atoms with Gasteiger partial charge in [-0.1, -0.05) is 32.0 Å². The second kappa shape index (κ2) is 12.9. The van der Waals surface area contributed by atoms with Crippen molar-refractivity contribution in [3.8, 4) is 0 Å². The molecule has 0 aliphatic rings. The first-order valence-corrected chi connectivity index (χ1v) is 9.70. The number of guanidine groups is 1. The predicted octanol–water partition coefficient (Wildman–Crippen LogP) is 4.03. The molecule has 0 aliphatic carbocycles. The minimum Gasteiger partial charge on any atom is -0.354 e. The number of halogens is 1. The molecule has 0 saturated heterocycles. The van der Waals surface area contributed by atoms with Crippen molar-refractivity contribution in [1.82, 2.24) is 20.5 Å². The number of benzene rings is 1. The lowest BCUT2D eigenvalue weighted by molar-refractivity contribution is 0.292. The van der Waals surface area contributed by atoms with Crippen LogP contribution in [0.25, 0.3) is 10.9 Å². The minimum absolute atomic E-state index is 0. The van der Waals surface area contributed by atoms with Gasteiger partial charge in [0.2, 0.25) is 0 Å². The summed E-state index contributed by atoms with van der Waals surface area (Å²) in [6.45, 7) is 10.8. The lowest BCUT2D eigenvalue weighted by Gasteiger charge is -2.21. The minimum atomic E-state index is 0. The van der Waals surface area contributed by atoms with Gasteiger partial charge in [0, 0.05) is 31.2 Å². The molecule has 0 fully saturated rings. The summed E-state index contributed by atoms with van der Waals surface area (Å²) in [6, 6.07) is 10.7. The molecule has 2 aromatic rings. The van der Waals surface area contributed by atoms with Crippen molar-refractivity contribution in [3.05, 3.63) is 42.1 Å². The van der Waals surface area contributed by atoms with Gasteiger partial charge in [-0.15, -0.1) is 24.0 Å². The fourth-order valence-electron chi connectivity index (χ4n) is 3.15. The summed E-state index contributed by atoms with van der Waals surface area (Å²) in [5, 5.41) is 8.12. The quantitative estimate of drug-likeness (QED) is 0.321. The monoisotopic (exact) mass is 483 g/mol. The summed E-state index contributed by atoms with van der Waals surface area (Å²) in [5.74, 6) is 0.848. The van der Waals surface area contributed by atoms with Gasteiger partial charge in [-0.3, -0.25) is 9.98 Å². The summed E-state index contributed by atoms with van der Waals surface area (Å²) in [5.41, 5.74) is 2.26. The molecule has 1 aromatic heterocycles. The zero-order valence-corrected chi connectivity index (χ0v) is 19.4. The second-order valence-electron chi connectivity index (χ2n) is 6.63. The molecule has 1 aromatic carbocycles. The Kier molecular flexibility index (Phi) is 11.3. The van der Waals surface area contributed by atoms with Gasteiger partial charge in [0.05, 0.1) is 5.52 Å². The number of aromatic nitrogens is 1. The highest BCUT2D eigenvalue weighted by Crippen LogP contribution is 2.15. The van der Waals surface area contributed by atoms with E-state index in [9.17, 15) is 0 Å². The van der Waals surface area contributed by atoms with E-state index < -0.39 is 0 Å². The molecular weight excluding hydrogens is 449 g/mol. The molecule has 2 rings (SSSR count). The summed E-state index contributed by atoms with van der Waals surface area (Å²) in [7, 11) is 1.82. The van der Waals surface area contributed by atoms with Crippen LogP contribution in [0.15, 0.2) is 41.5 Å². The van der Waals surface area contributed by atoms with E-state index in [0.29, 0.717) is 6.04 Å². The second-order valence-corrected chi connectivity index (χ2v) is 6.63. The lowest BCUT2D eigenvalue weighted by atomic mass is 10.1. The molecule has 0 bridgehead atoms. The van der Waals surface area contributed by atoms with Gasteiger partial charge >= 0.3 is 0 Å². The highest BCUT2D eigenvalue weighted by molar-refractivity contribution is 14.0. The summed E-state index contributed by atoms with van der Waals surface area (Å²) in [4.78, 5) is 11.3. The van der Waals surface area contributed by atoms with Crippen LogP contribution in [-0.4, -0.2) is 48.6 Å². The first kappa shape index (κ1) is 23.6. The predicted molar refractivity (Wildman–Crippen MR) is 127 cm³/mol. The Labute approximate surface area is 181 Å². The Bertz CT molecular complexity index is 695. The van der Waals surface area contributed by atoms with Crippen molar-refractivity contribution in [1.29, 1.82) is 0 Å². The number of aliphatic imine (C=N–C) groups is 1. The molecule has 0 spiro atoms. The first-order valence-electron chi connectivity index (χ1n) is 9.70. The van der Waals surface area contributed by atoms with Crippen molar-refractivity contribution < 1.29 is 0 Å². The van der Waals surface area contributed by atoms with E-state index in [1.807, 2.05) is 25.4 Å². The number of rotatable bonds is 9. The fourth-order valence-corrected chi connectivity index (χ4v) is 3.15. The third-order valence-electron chi connectivity index (χ3n) is 4.80. The Balaban J connectivity index is 0.00000364. The van der Waals surface area contributed by atoms with E-state index in [1.165, 1.54) is 17.4 Å². The first-order chi connectivity index (χ1) is 12.7. The van der Waals surface area contributed by atoms with E-state index in [4.69, 9.17) is 0 Å². The van der Waals surface area contributed by atoms with Crippen LogP contribution in [0.5, 0.6) is 0 Å². The van der Waals surface area contributed by atoms with E-state index >= 15 is 0 Å². The maximum absolute atomic E-state index is 4.42. The standard InChI is InChI=1S/C21H33N5.HI/c1-5-26(6-2)15-9-10-17(3)25-21(22-4)24-16-18-13-14-23-20-12-8-7-11-19(18)20;/h7-8,11-14,17H,5-6,9-10,15-16H2,1-4H3,(H2,22,24,25);1H. The largest absolute Gasteiger partial charge is 0.354 e. The SMILES string of the molecule is CCN(CC)CCCC(C)NC(=NC)NCc1ccnc2ccccc12.I. The van der Waals surface area contributed by atoms with Crippen LogP contribution in [0.3, 0.4) is 0 Å².